The van der Waals surface area contributed by atoms with Gasteiger partial charge >= 0.3 is 12.0 Å². The zero-order valence-electron chi connectivity index (χ0n) is 19.0. The summed E-state index contributed by atoms with van der Waals surface area (Å²) in [5, 5.41) is 15.4. The molecule has 3 N–H and O–H groups in total. The molecule has 0 bridgehead atoms. The van der Waals surface area contributed by atoms with Crippen molar-refractivity contribution in [2.45, 2.75) is 18.5 Å². The third kappa shape index (κ3) is 4.93. The molecule has 1 saturated heterocycles. The molecule has 37 heavy (non-hydrogen) atoms. The van der Waals surface area contributed by atoms with E-state index < -0.39 is 41.7 Å². The maximum atomic E-state index is 13.5. The lowest BCUT2D eigenvalue weighted by atomic mass is 10.0. The van der Waals surface area contributed by atoms with Crippen LogP contribution in [-0.2, 0) is 16.0 Å². The van der Waals surface area contributed by atoms with Crippen molar-refractivity contribution in [3.05, 3.63) is 70.5 Å². The summed E-state index contributed by atoms with van der Waals surface area (Å²) in [5.74, 6) is -2.24. The lowest BCUT2D eigenvalue weighted by Crippen LogP contribution is -2.49. The van der Waals surface area contributed by atoms with Crippen molar-refractivity contribution < 1.29 is 38.1 Å². The van der Waals surface area contributed by atoms with Gasteiger partial charge in [-0.15, -0.1) is 11.3 Å². The number of carbonyl (C=O) groups is 4. The molecule has 3 aromatic rings. The number of nitrogens with zero attached hydrogens (tertiary/aromatic N) is 2. The number of amides is 4. The normalized spacial score (nSPS) is 17.3. The van der Waals surface area contributed by atoms with Crippen molar-refractivity contribution in [3.63, 3.8) is 0 Å². The number of ether oxygens (including phenoxy) is 2. The Hall–Kier alpha value is -4.52. The van der Waals surface area contributed by atoms with Gasteiger partial charge in [-0.1, -0.05) is 18.2 Å². The third-order valence-electron chi connectivity index (χ3n) is 5.78. The second kappa shape index (κ2) is 9.85. The number of imide groups is 1. The number of halogens is 1. The molecule has 3 heterocycles. The van der Waals surface area contributed by atoms with Crippen LogP contribution in [0.4, 0.5) is 14.3 Å². The molecule has 11 nitrogen and oxygen atoms in total. The first-order valence-electron chi connectivity index (χ1n) is 11.1. The van der Waals surface area contributed by atoms with E-state index in [4.69, 9.17) is 14.6 Å². The molecule has 0 saturated carbocycles. The van der Waals surface area contributed by atoms with Crippen LogP contribution in [-0.4, -0.2) is 58.1 Å². The molecule has 0 aliphatic carbocycles. The van der Waals surface area contributed by atoms with Gasteiger partial charge in [0.05, 0.1) is 0 Å². The number of aromatic nitrogens is 1. The molecule has 4 amide bonds. The smallest absolute Gasteiger partial charge is 0.355 e. The highest BCUT2D eigenvalue weighted by atomic mass is 32.1. The number of urea groups is 1. The maximum Gasteiger partial charge on any atom is 0.355 e. The van der Waals surface area contributed by atoms with Crippen molar-refractivity contribution in [1.82, 2.24) is 15.2 Å². The zero-order valence-corrected chi connectivity index (χ0v) is 19.8. The highest BCUT2D eigenvalue weighted by molar-refractivity contribution is 7.14. The van der Waals surface area contributed by atoms with Crippen LogP contribution in [0.5, 0.6) is 11.5 Å². The van der Waals surface area contributed by atoms with Crippen LogP contribution in [0, 0.1) is 5.82 Å². The Kier molecular flexibility index (Phi) is 6.44. The first-order valence-corrected chi connectivity index (χ1v) is 12.0. The summed E-state index contributed by atoms with van der Waals surface area (Å²) in [6.45, 7) is 0.736. The van der Waals surface area contributed by atoms with Gasteiger partial charge in [0.1, 0.15) is 31.1 Å². The minimum atomic E-state index is -1.34. The van der Waals surface area contributed by atoms with Crippen LogP contribution in [0.25, 0.3) is 0 Å². The highest BCUT2D eigenvalue weighted by Gasteiger charge is 2.45. The lowest BCUT2D eigenvalue weighted by Gasteiger charge is -2.24. The number of hydrogen-bond donors (Lipinski definition) is 3. The molecular weight excluding hydrogens is 507 g/mol. The molecule has 5 rings (SSSR count). The Morgan fingerprint density at radius 2 is 1.89 bits per heavy atom. The van der Waals surface area contributed by atoms with E-state index in [0.29, 0.717) is 35.8 Å². The number of carboxylic acids is 1. The van der Waals surface area contributed by atoms with E-state index in [0.717, 1.165) is 16.2 Å². The molecule has 2 aliphatic heterocycles. The summed E-state index contributed by atoms with van der Waals surface area (Å²) < 4.78 is 24.5. The lowest BCUT2D eigenvalue weighted by molar-refractivity contribution is -0.134. The van der Waals surface area contributed by atoms with Crippen LogP contribution in [0.15, 0.2) is 47.8 Å². The van der Waals surface area contributed by atoms with Crippen LogP contribution in [0.2, 0.25) is 0 Å². The minimum absolute atomic E-state index is 0.0121. The number of thiazole rings is 1. The van der Waals surface area contributed by atoms with Crippen molar-refractivity contribution >= 4 is 40.3 Å². The number of aromatic carboxylic acids is 1. The first-order chi connectivity index (χ1) is 17.8. The van der Waals surface area contributed by atoms with Crippen LogP contribution >= 0.6 is 11.3 Å². The summed E-state index contributed by atoms with van der Waals surface area (Å²) in [7, 11) is 0. The average Bonchev–Trinajstić information content (AvgIpc) is 3.47. The molecule has 2 aliphatic rings. The Morgan fingerprint density at radius 1 is 1.16 bits per heavy atom. The van der Waals surface area contributed by atoms with Gasteiger partial charge in [0.15, 0.2) is 22.3 Å². The molecule has 0 radical (unpaired) electrons. The van der Waals surface area contributed by atoms with Gasteiger partial charge in [0.2, 0.25) is 5.91 Å². The molecule has 0 spiro atoms. The number of hydrogen-bond acceptors (Lipinski definition) is 8. The fourth-order valence-electron chi connectivity index (χ4n) is 4.02. The second-order valence-corrected chi connectivity index (χ2v) is 9.03. The summed E-state index contributed by atoms with van der Waals surface area (Å²) in [4.78, 5) is 55.5. The van der Waals surface area contributed by atoms with E-state index in [2.05, 4.69) is 15.6 Å². The zero-order chi connectivity index (χ0) is 26.1. The number of nitrogens with one attached hydrogen (secondary N) is 2. The van der Waals surface area contributed by atoms with Crippen LogP contribution < -0.4 is 20.1 Å². The summed E-state index contributed by atoms with van der Waals surface area (Å²) in [6, 6.07) is 6.94. The van der Waals surface area contributed by atoms with Crippen molar-refractivity contribution in [2.24, 2.45) is 0 Å². The summed E-state index contributed by atoms with van der Waals surface area (Å²) in [6.07, 6.45) is -0.115. The van der Waals surface area contributed by atoms with Gasteiger partial charge in [-0.05, 0) is 35.4 Å². The van der Waals surface area contributed by atoms with E-state index in [9.17, 15) is 23.6 Å². The predicted octanol–water partition coefficient (Wildman–Crippen LogP) is 2.59. The molecule has 13 heteroatoms. The molecule has 1 fully saturated rings. The van der Waals surface area contributed by atoms with E-state index in [-0.39, 0.29) is 17.2 Å². The Morgan fingerprint density at radius 3 is 2.59 bits per heavy atom. The summed E-state index contributed by atoms with van der Waals surface area (Å²) in [5.41, 5.74) is 0.677. The Bertz CT molecular complexity index is 1390. The average molecular weight is 527 g/mol. The van der Waals surface area contributed by atoms with Crippen molar-refractivity contribution in [1.29, 1.82) is 0 Å². The van der Waals surface area contributed by atoms with Crippen LogP contribution in [0.3, 0.4) is 0 Å². The van der Waals surface area contributed by atoms with Gasteiger partial charge in [0, 0.05) is 11.8 Å². The van der Waals surface area contributed by atoms with Gasteiger partial charge < -0.3 is 25.2 Å². The molecule has 1 aromatic heterocycles. The largest absolute Gasteiger partial charge is 0.486 e. The quantitative estimate of drug-likeness (QED) is 0.398. The maximum absolute atomic E-state index is 13.5. The standard InChI is InChI=1S/C24H19FN4O7S/c25-14-4-1-12(2-5-14)9-16(20(30)28-23-26-15(11-37-23)22(32)33)29-21(31)19(27-24(29)34)13-3-6-17-18(10-13)36-8-7-35-17/h1-6,10-11,16,19H,7-9H2,(H,27,34)(H,32,33)(H,26,28,30)/t16?,19-/m1/s1. The fourth-order valence-corrected chi connectivity index (χ4v) is 4.70. The number of fused-ring (bicyclic) bond motifs is 1. The predicted molar refractivity (Wildman–Crippen MR) is 127 cm³/mol. The molecule has 190 valence electrons. The van der Waals surface area contributed by atoms with E-state index in [1.807, 2.05) is 0 Å². The Labute approximate surface area is 212 Å². The molecular formula is C24H19FN4O7S. The highest BCUT2D eigenvalue weighted by Crippen LogP contribution is 2.35. The van der Waals surface area contributed by atoms with Gasteiger partial charge in [0.25, 0.3) is 5.91 Å². The SMILES string of the molecule is O=C(O)c1csc(NC(=O)C(Cc2ccc(F)cc2)N2C(=O)N[C@H](c3ccc4c(c3)OCCO4)C2=O)n1. The Balaban J connectivity index is 1.43. The van der Waals surface area contributed by atoms with Gasteiger partial charge in [-0.25, -0.2) is 23.9 Å². The van der Waals surface area contributed by atoms with Crippen molar-refractivity contribution in [2.75, 3.05) is 18.5 Å². The molecule has 2 aromatic carbocycles. The molecule has 1 unspecified atom stereocenters. The van der Waals surface area contributed by atoms with Gasteiger partial charge in [-0.3, -0.25) is 9.59 Å². The van der Waals surface area contributed by atoms with Gasteiger partial charge in [-0.2, -0.15) is 0 Å². The molecule has 2 atom stereocenters. The number of rotatable bonds is 7. The fraction of sp³-hybridized carbons (Fsp3) is 0.208. The first kappa shape index (κ1) is 24.2. The second-order valence-electron chi connectivity index (χ2n) is 8.17. The summed E-state index contributed by atoms with van der Waals surface area (Å²) >= 11 is 0.883. The van der Waals surface area contributed by atoms with Crippen LogP contribution in [0.1, 0.15) is 27.7 Å². The number of benzene rings is 2. The third-order valence-corrected chi connectivity index (χ3v) is 6.54. The topological polar surface area (TPSA) is 147 Å². The monoisotopic (exact) mass is 526 g/mol. The number of carbonyl (C=O) groups excluding carboxylic acids is 3. The van der Waals surface area contributed by atoms with E-state index >= 15 is 0 Å². The number of anilines is 1. The van der Waals surface area contributed by atoms with E-state index in [1.54, 1.807) is 18.2 Å². The number of carboxylic acid groups (broad SMARTS) is 1. The minimum Gasteiger partial charge on any atom is -0.486 e. The van der Waals surface area contributed by atoms with E-state index in [1.165, 1.54) is 29.6 Å². The van der Waals surface area contributed by atoms with Crippen molar-refractivity contribution in [3.8, 4) is 11.5 Å².